The Morgan fingerprint density at radius 2 is 1.74 bits per heavy atom. The standard InChI is InChI=1S/C24H30N4O3/c29-24(30)18-3-1-17(2-4-18)22-5-6-23(27-26-22)25-21-11-19-14-28(15-20(19)12-21)13-16-7-9-31-10-8-16/h1-6,16,19-21H,7-15H2,(H,25,27)(H,29,30)/p-1/t19-,20+,21?. The fraction of sp³-hybridized carbons (Fsp3) is 0.542. The van der Waals surface area contributed by atoms with E-state index in [1.807, 2.05) is 12.1 Å². The number of hydrogen-bond acceptors (Lipinski definition) is 7. The molecule has 3 fully saturated rings. The Bertz CT molecular complexity index is 882. The van der Waals surface area contributed by atoms with E-state index in [1.54, 1.807) is 12.1 Å². The molecule has 2 saturated heterocycles. The monoisotopic (exact) mass is 421 g/mol. The molecule has 7 heteroatoms. The van der Waals surface area contributed by atoms with E-state index in [0.717, 1.165) is 48.0 Å². The summed E-state index contributed by atoms with van der Waals surface area (Å²) in [6.45, 7) is 5.56. The number of rotatable bonds is 6. The van der Waals surface area contributed by atoms with Gasteiger partial charge >= 0.3 is 0 Å². The second kappa shape index (κ2) is 8.93. The molecule has 1 N–H and O–H groups in total. The molecule has 1 unspecified atom stereocenters. The first-order valence-corrected chi connectivity index (χ1v) is 11.4. The molecule has 31 heavy (non-hydrogen) atoms. The molecule has 5 rings (SSSR count). The Morgan fingerprint density at radius 3 is 2.35 bits per heavy atom. The number of aromatic nitrogens is 2. The zero-order valence-electron chi connectivity index (χ0n) is 17.7. The maximum absolute atomic E-state index is 10.9. The number of aromatic carboxylic acids is 1. The molecule has 1 saturated carbocycles. The van der Waals surface area contributed by atoms with E-state index in [4.69, 9.17) is 4.74 Å². The summed E-state index contributed by atoms with van der Waals surface area (Å²) in [6, 6.07) is 10.9. The van der Waals surface area contributed by atoms with Gasteiger partial charge in [-0.05, 0) is 61.1 Å². The van der Waals surface area contributed by atoms with Crippen molar-refractivity contribution in [1.29, 1.82) is 0 Å². The summed E-state index contributed by atoms with van der Waals surface area (Å²) in [5.74, 6) is 2.01. The number of fused-ring (bicyclic) bond motifs is 1. The molecule has 0 spiro atoms. The second-order valence-corrected chi connectivity index (χ2v) is 9.28. The summed E-state index contributed by atoms with van der Waals surface area (Å²) in [7, 11) is 0. The zero-order valence-corrected chi connectivity index (χ0v) is 17.7. The molecule has 1 aromatic carbocycles. The van der Waals surface area contributed by atoms with Gasteiger partial charge < -0.3 is 24.9 Å². The molecule has 0 radical (unpaired) electrons. The third-order valence-electron chi connectivity index (χ3n) is 7.12. The van der Waals surface area contributed by atoms with Crippen molar-refractivity contribution in [2.45, 2.75) is 31.7 Å². The summed E-state index contributed by atoms with van der Waals surface area (Å²) in [6.07, 6.45) is 4.82. The van der Waals surface area contributed by atoms with Crippen LogP contribution in [-0.2, 0) is 4.74 Å². The van der Waals surface area contributed by atoms with Crippen LogP contribution in [0.1, 0.15) is 36.0 Å². The zero-order chi connectivity index (χ0) is 21.2. The first-order valence-electron chi connectivity index (χ1n) is 11.4. The number of ether oxygens (including phenoxy) is 1. The van der Waals surface area contributed by atoms with Gasteiger partial charge in [-0.15, -0.1) is 10.2 Å². The largest absolute Gasteiger partial charge is 0.545 e. The summed E-state index contributed by atoms with van der Waals surface area (Å²) in [5, 5.41) is 23.1. The average Bonchev–Trinajstić information content (AvgIpc) is 3.33. The number of anilines is 1. The quantitative estimate of drug-likeness (QED) is 0.763. The van der Waals surface area contributed by atoms with Gasteiger partial charge in [0.15, 0.2) is 0 Å². The van der Waals surface area contributed by atoms with Crippen molar-refractivity contribution in [2.75, 3.05) is 38.2 Å². The maximum atomic E-state index is 10.9. The fourth-order valence-corrected chi connectivity index (χ4v) is 5.51. The molecule has 1 aliphatic carbocycles. The molecule has 0 bridgehead atoms. The Balaban J connectivity index is 1.12. The molecule has 2 aliphatic heterocycles. The lowest BCUT2D eigenvalue weighted by Gasteiger charge is -2.27. The smallest absolute Gasteiger partial charge is 0.148 e. The molecule has 7 nitrogen and oxygen atoms in total. The molecule has 3 aliphatic rings. The number of nitrogens with one attached hydrogen (secondary N) is 1. The number of carboxylic acid groups (broad SMARTS) is 1. The number of nitrogens with zero attached hydrogens (tertiary/aromatic N) is 3. The van der Waals surface area contributed by atoms with Crippen LogP contribution in [0, 0.1) is 17.8 Å². The molecule has 164 valence electrons. The van der Waals surface area contributed by atoms with Crippen molar-refractivity contribution in [3.05, 3.63) is 42.0 Å². The Morgan fingerprint density at radius 1 is 1.03 bits per heavy atom. The number of benzene rings is 1. The van der Waals surface area contributed by atoms with Gasteiger partial charge in [0.25, 0.3) is 0 Å². The van der Waals surface area contributed by atoms with E-state index in [9.17, 15) is 9.90 Å². The maximum Gasteiger partial charge on any atom is 0.148 e. The van der Waals surface area contributed by atoms with Crippen LogP contribution < -0.4 is 10.4 Å². The fourth-order valence-electron chi connectivity index (χ4n) is 5.51. The van der Waals surface area contributed by atoms with Crippen LogP contribution in [0.15, 0.2) is 36.4 Å². The second-order valence-electron chi connectivity index (χ2n) is 9.28. The van der Waals surface area contributed by atoms with Crippen LogP contribution in [0.2, 0.25) is 0 Å². The number of carbonyl (C=O) groups excluding carboxylic acids is 1. The van der Waals surface area contributed by atoms with Gasteiger partial charge in [-0.3, -0.25) is 0 Å². The molecular formula is C24H29N4O3-. The predicted molar refractivity (Wildman–Crippen MR) is 115 cm³/mol. The molecule has 2 aromatic rings. The van der Waals surface area contributed by atoms with E-state index < -0.39 is 5.97 Å². The van der Waals surface area contributed by atoms with E-state index in [0.29, 0.717) is 6.04 Å². The summed E-state index contributed by atoms with van der Waals surface area (Å²) in [4.78, 5) is 13.6. The highest BCUT2D eigenvalue weighted by Crippen LogP contribution is 2.39. The lowest BCUT2D eigenvalue weighted by atomic mass is 10.00. The summed E-state index contributed by atoms with van der Waals surface area (Å²) in [5.41, 5.74) is 1.72. The highest BCUT2D eigenvalue weighted by Gasteiger charge is 2.41. The van der Waals surface area contributed by atoms with Gasteiger partial charge in [0.1, 0.15) is 5.82 Å². The lowest BCUT2D eigenvalue weighted by molar-refractivity contribution is -0.255. The van der Waals surface area contributed by atoms with E-state index in [-0.39, 0.29) is 5.56 Å². The van der Waals surface area contributed by atoms with E-state index in [2.05, 4.69) is 20.4 Å². The van der Waals surface area contributed by atoms with Crippen LogP contribution in [0.5, 0.6) is 0 Å². The number of hydrogen-bond donors (Lipinski definition) is 1. The van der Waals surface area contributed by atoms with Crippen molar-refractivity contribution in [1.82, 2.24) is 15.1 Å². The van der Waals surface area contributed by atoms with Crippen LogP contribution in [0.3, 0.4) is 0 Å². The third kappa shape index (κ3) is 4.72. The van der Waals surface area contributed by atoms with Crippen LogP contribution in [-0.4, -0.2) is 60.0 Å². The number of carboxylic acids is 1. The lowest BCUT2D eigenvalue weighted by Crippen LogP contribution is -2.32. The summed E-state index contributed by atoms with van der Waals surface area (Å²) < 4.78 is 5.49. The number of likely N-dealkylation sites (tertiary alicyclic amines) is 1. The molecule has 0 amide bonds. The first kappa shape index (κ1) is 20.4. The van der Waals surface area contributed by atoms with Crippen LogP contribution in [0.25, 0.3) is 11.3 Å². The predicted octanol–water partition coefficient (Wildman–Crippen LogP) is 2.06. The highest BCUT2D eigenvalue weighted by molar-refractivity contribution is 5.86. The minimum absolute atomic E-state index is 0.160. The minimum atomic E-state index is -1.18. The van der Waals surface area contributed by atoms with Gasteiger partial charge in [-0.2, -0.15) is 0 Å². The Kier molecular flexibility index (Phi) is 5.87. The van der Waals surface area contributed by atoms with E-state index in [1.165, 1.54) is 57.5 Å². The van der Waals surface area contributed by atoms with Gasteiger partial charge in [0.2, 0.25) is 0 Å². The summed E-state index contributed by atoms with van der Waals surface area (Å²) >= 11 is 0. The first-order chi connectivity index (χ1) is 15.1. The Hall–Kier alpha value is -2.51. The Labute approximate surface area is 182 Å². The normalized spacial score (nSPS) is 26.6. The van der Waals surface area contributed by atoms with Crippen molar-refractivity contribution in [3.8, 4) is 11.3 Å². The average molecular weight is 422 g/mol. The van der Waals surface area contributed by atoms with Crippen molar-refractivity contribution in [2.24, 2.45) is 17.8 Å². The minimum Gasteiger partial charge on any atom is -0.545 e. The SMILES string of the molecule is O=C([O-])c1ccc(-c2ccc(NC3C[C@@H]4CN(CC5CCOCC5)C[C@@H]4C3)nn2)cc1. The van der Waals surface area contributed by atoms with Crippen LogP contribution in [0.4, 0.5) is 5.82 Å². The molecule has 1 aromatic heterocycles. The van der Waals surface area contributed by atoms with E-state index >= 15 is 0 Å². The van der Waals surface area contributed by atoms with Gasteiger partial charge in [-0.25, -0.2) is 0 Å². The molecular weight excluding hydrogens is 392 g/mol. The van der Waals surface area contributed by atoms with Crippen molar-refractivity contribution >= 4 is 11.8 Å². The number of carbonyl (C=O) groups is 1. The molecule has 3 heterocycles. The van der Waals surface area contributed by atoms with Crippen molar-refractivity contribution < 1.29 is 14.6 Å². The molecule has 3 atom stereocenters. The topological polar surface area (TPSA) is 90.4 Å². The highest BCUT2D eigenvalue weighted by atomic mass is 16.5. The van der Waals surface area contributed by atoms with Gasteiger partial charge in [-0.1, -0.05) is 24.3 Å². The van der Waals surface area contributed by atoms with Crippen molar-refractivity contribution in [3.63, 3.8) is 0 Å². The van der Waals surface area contributed by atoms with Gasteiger partial charge in [0, 0.05) is 44.5 Å². The third-order valence-corrected chi connectivity index (χ3v) is 7.12. The van der Waals surface area contributed by atoms with Gasteiger partial charge in [0.05, 0.1) is 11.7 Å². The van der Waals surface area contributed by atoms with Crippen LogP contribution >= 0.6 is 0 Å².